The third-order valence-corrected chi connectivity index (χ3v) is 5.47. The first-order valence-corrected chi connectivity index (χ1v) is 10.1. The second kappa shape index (κ2) is 8.47. The molecule has 0 saturated carbocycles. The molecule has 2 heterocycles. The van der Waals surface area contributed by atoms with Gasteiger partial charge in [0.2, 0.25) is 5.91 Å². The van der Waals surface area contributed by atoms with Gasteiger partial charge in [0.05, 0.1) is 6.42 Å². The molecule has 1 aromatic heterocycles. The molecule has 1 aliphatic heterocycles. The molecule has 7 nitrogen and oxygen atoms in total. The Labute approximate surface area is 180 Å². The fraction of sp³-hybridized carbons (Fsp3) is 0.208. The lowest BCUT2D eigenvalue weighted by Gasteiger charge is -2.16. The van der Waals surface area contributed by atoms with Crippen molar-refractivity contribution in [2.75, 3.05) is 12.4 Å². The lowest BCUT2D eigenvalue weighted by Crippen LogP contribution is -2.29. The molecule has 0 atom stereocenters. The number of urea groups is 1. The summed E-state index contributed by atoms with van der Waals surface area (Å²) in [7, 11) is 3.13. The van der Waals surface area contributed by atoms with Crippen LogP contribution in [0.25, 0.3) is 11.1 Å². The number of nitrogens with one attached hydrogen (secondary N) is 2. The van der Waals surface area contributed by atoms with Crippen molar-refractivity contribution in [1.82, 2.24) is 14.8 Å². The molecular formula is C24H24N4O3. The van der Waals surface area contributed by atoms with Crippen LogP contribution in [0, 0.1) is 0 Å². The number of anilines is 1. The number of hydrogen-bond acceptors (Lipinski definition) is 3. The highest BCUT2D eigenvalue weighted by atomic mass is 16.2. The lowest BCUT2D eigenvalue weighted by molar-refractivity contribution is -0.131. The second-order valence-corrected chi connectivity index (χ2v) is 7.66. The molecule has 0 aliphatic carbocycles. The summed E-state index contributed by atoms with van der Waals surface area (Å²) in [5, 5.41) is 5.00. The molecule has 2 aromatic carbocycles. The van der Waals surface area contributed by atoms with Gasteiger partial charge in [-0.2, -0.15) is 0 Å². The van der Waals surface area contributed by atoms with Crippen molar-refractivity contribution < 1.29 is 9.59 Å². The van der Waals surface area contributed by atoms with E-state index in [9.17, 15) is 14.4 Å². The highest BCUT2D eigenvalue weighted by Gasteiger charge is 2.22. The Morgan fingerprint density at radius 2 is 1.68 bits per heavy atom. The molecule has 31 heavy (non-hydrogen) atoms. The Morgan fingerprint density at radius 1 is 0.968 bits per heavy atom. The molecule has 1 aliphatic rings. The summed E-state index contributed by atoms with van der Waals surface area (Å²) < 4.78 is 1.43. The second-order valence-electron chi connectivity index (χ2n) is 7.66. The summed E-state index contributed by atoms with van der Waals surface area (Å²) in [5.41, 5.74) is 4.83. The van der Waals surface area contributed by atoms with Crippen molar-refractivity contribution in [3.8, 4) is 11.1 Å². The van der Waals surface area contributed by atoms with Crippen molar-refractivity contribution in [1.29, 1.82) is 0 Å². The van der Waals surface area contributed by atoms with Gasteiger partial charge >= 0.3 is 6.03 Å². The number of aryl methyl sites for hydroxylation is 1. The van der Waals surface area contributed by atoms with E-state index in [0.717, 1.165) is 16.7 Å². The summed E-state index contributed by atoms with van der Waals surface area (Å²) in [6.07, 6.45) is 2.02. The van der Waals surface area contributed by atoms with Crippen LogP contribution in [0.4, 0.5) is 10.5 Å². The van der Waals surface area contributed by atoms with Gasteiger partial charge in [0, 0.05) is 38.9 Å². The number of carbonyl (C=O) groups is 2. The number of carbonyl (C=O) groups excluding carboxylic acids is 2. The molecule has 0 radical (unpaired) electrons. The molecule has 4 rings (SSSR count). The van der Waals surface area contributed by atoms with E-state index in [1.54, 1.807) is 19.3 Å². The highest BCUT2D eigenvalue weighted by molar-refractivity contribution is 5.89. The van der Waals surface area contributed by atoms with Crippen LogP contribution < -0.4 is 16.2 Å². The zero-order chi connectivity index (χ0) is 22.0. The van der Waals surface area contributed by atoms with Gasteiger partial charge < -0.3 is 20.1 Å². The van der Waals surface area contributed by atoms with E-state index in [-0.39, 0.29) is 17.2 Å². The monoisotopic (exact) mass is 416 g/mol. The van der Waals surface area contributed by atoms with Crippen LogP contribution in [0.15, 0.2) is 65.6 Å². The van der Waals surface area contributed by atoms with Crippen LogP contribution in [-0.4, -0.2) is 28.5 Å². The average molecular weight is 416 g/mol. The minimum absolute atomic E-state index is 0.0794. The van der Waals surface area contributed by atoms with Crippen molar-refractivity contribution in [3.63, 3.8) is 0 Å². The maximum atomic E-state index is 12.9. The van der Waals surface area contributed by atoms with Crippen molar-refractivity contribution in [3.05, 3.63) is 87.8 Å². The molecule has 0 fully saturated rings. The van der Waals surface area contributed by atoms with E-state index >= 15 is 0 Å². The van der Waals surface area contributed by atoms with E-state index in [2.05, 4.69) is 22.8 Å². The zero-order valence-corrected chi connectivity index (χ0v) is 17.5. The van der Waals surface area contributed by atoms with Gasteiger partial charge in [-0.3, -0.25) is 9.59 Å². The zero-order valence-electron chi connectivity index (χ0n) is 17.5. The summed E-state index contributed by atoms with van der Waals surface area (Å²) in [6, 6.07) is 17.0. The number of pyridine rings is 1. The molecular weight excluding hydrogens is 392 g/mol. The third kappa shape index (κ3) is 4.35. The number of hydrogen-bond donors (Lipinski definition) is 2. The standard InChI is InChI=1S/C24H24N4O3/c1-25-24(31)26-21-12-20(13-27(2)23(21)30)17-9-5-6-16(10-17)11-22(29)28-14-18-7-3-4-8-19(18)15-28/h3-10,12-13H,11,14-15H2,1-2H3,(H2,25,26,31). The molecule has 0 bridgehead atoms. The lowest BCUT2D eigenvalue weighted by atomic mass is 10.0. The molecule has 0 saturated heterocycles. The largest absolute Gasteiger partial charge is 0.341 e. The van der Waals surface area contributed by atoms with Crippen LogP contribution in [0.5, 0.6) is 0 Å². The first kappa shape index (κ1) is 20.4. The van der Waals surface area contributed by atoms with Gasteiger partial charge in [-0.1, -0.05) is 48.5 Å². The van der Waals surface area contributed by atoms with E-state index in [1.807, 2.05) is 41.3 Å². The number of rotatable bonds is 4. The van der Waals surface area contributed by atoms with E-state index in [1.165, 1.54) is 22.7 Å². The van der Waals surface area contributed by atoms with E-state index < -0.39 is 6.03 Å². The van der Waals surface area contributed by atoms with Crippen LogP contribution in [0.3, 0.4) is 0 Å². The topological polar surface area (TPSA) is 83.4 Å². The smallest absolute Gasteiger partial charge is 0.319 e. The number of nitrogens with zero attached hydrogens (tertiary/aromatic N) is 2. The predicted molar refractivity (Wildman–Crippen MR) is 120 cm³/mol. The fourth-order valence-electron chi connectivity index (χ4n) is 3.80. The molecule has 3 amide bonds. The Hall–Kier alpha value is -3.87. The van der Waals surface area contributed by atoms with Gasteiger partial charge in [0.25, 0.3) is 5.56 Å². The van der Waals surface area contributed by atoms with Crippen LogP contribution >= 0.6 is 0 Å². The first-order chi connectivity index (χ1) is 14.9. The fourth-order valence-corrected chi connectivity index (χ4v) is 3.80. The number of amides is 3. The first-order valence-electron chi connectivity index (χ1n) is 10.1. The van der Waals surface area contributed by atoms with E-state index in [4.69, 9.17) is 0 Å². The van der Waals surface area contributed by atoms with Crippen LogP contribution in [0.1, 0.15) is 16.7 Å². The average Bonchev–Trinajstić information content (AvgIpc) is 3.21. The third-order valence-electron chi connectivity index (χ3n) is 5.47. The maximum Gasteiger partial charge on any atom is 0.319 e. The summed E-state index contributed by atoms with van der Waals surface area (Å²) >= 11 is 0. The minimum Gasteiger partial charge on any atom is -0.341 e. The molecule has 3 aromatic rings. The Kier molecular flexibility index (Phi) is 5.58. The summed E-state index contributed by atoms with van der Waals surface area (Å²) in [5.74, 6) is 0.0794. The molecule has 158 valence electrons. The molecule has 0 spiro atoms. The predicted octanol–water partition coefficient (Wildman–Crippen LogP) is 2.89. The van der Waals surface area contributed by atoms with Gasteiger partial charge in [0.15, 0.2) is 0 Å². The number of benzene rings is 2. The highest BCUT2D eigenvalue weighted by Crippen LogP contribution is 2.25. The quantitative estimate of drug-likeness (QED) is 0.686. The van der Waals surface area contributed by atoms with Crippen molar-refractivity contribution in [2.24, 2.45) is 7.05 Å². The normalized spacial score (nSPS) is 12.4. The van der Waals surface area contributed by atoms with Crippen molar-refractivity contribution in [2.45, 2.75) is 19.5 Å². The van der Waals surface area contributed by atoms with Gasteiger partial charge in [0.1, 0.15) is 5.69 Å². The Balaban J connectivity index is 1.54. The van der Waals surface area contributed by atoms with Gasteiger partial charge in [-0.05, 0) is 28.3 Å². The summed E-state index contributed by atoms with van der Waals surface area (Å²) in [6.45, 7) is 1.29. The minimum atomic E-state index is -0.458. The van der Waals surface area contributed by atoms with Crippen molar-refractivity contribution >= 4 is 17.6 Å². The Bertz CT molecular complexity index is 1190. The summed E-state index contributed by atoms with van der Waals surface area (Å²) in [4.78, 5) is 38.7. The number of fused-ring (bicyclic) bond motifs is 1. The van der Waals surface area contributed by atoms with Gasteiger partial charge in [-0.15, -0.1) is 0 Å². The van der Waals surface area contributed by atoms with Crippen LogP contribution in [-0.2, 0) is 31.4 Å². The molecule has 7 heteroatoms. The maximum absolute atomic E-state index is 12.9. The van der Waals surface area contributed by atoms with Crippen LogP contribution in [0.2, 0.25) is 0 Å². The molecule has 0 unspecified atom stereocenters. The number of aromatic nitrogens is 1. The van der Waals surface area contributed by atoms with Gasteiger partial charge in [-0.25, -0.2) is 4.79 Å². The van der Waals surface area contributed by atoms with E-state index in [0.29, 0.717) is 19.5 Å². The SMILES string of the molecule is CNC(=O)Nc1cc(-c2cccc(CC(=O)N3Cc4ccccc4C3)c2)cn(C)c1=O. The molecule has 2 N–H and O–H groups in total. The Morgan fingerprint density at radius 3 is 2.35 bits per heavy atom.